The number of carbonyl (C=O) groups excluding carboxylic acids is 1. The molecule has 4 heteroatoms. The molecule has 0 fully saturated rings. The molecule has 0 bridgehead atoms. The van der Waals surface area contributed by atoms with Crippen LogP contribution in [0.5, 0.6) is 0 Å². The Kier molecular flexibility index (Phi) is 4.29. The first kappa shape index (κ1) is 12.2. The minimum atomic E-state index is -0.327. The third kappa shape index (κ3) is 3.04. The van der Waals surface area contributed by atoms with Crippen LogP contribution in [0, 0.1) is 6.92 Å². The van der Waals surface area contributed by atoms with Crippen LogP contribution < -0.4 is 5.73 Å². The van der Waals surface area contributed by atoms with Crippen molar-refractivity contribution >= 4 is 21.9 Å². The number of nitrogens with two attached hydrogens (primary N) is 1. The standard InChI is InChI=1S/C11H14BrNO2/c1-7-4-3-5-8(11(7)12)9(13)6-10(14)15-2/h3-5,9H,6,13H2,1-2H3. The normalized spacial score (nSPS) is 12.3. The topological polar surface area (TPSA) is 52.3 Å². The SMILES string of the molecule is COC(=O)CC(N)c1cccc(C)c1Br. The molecule has 0 saturated heterocycles. The van der Waals surface area contributed by atoms with E-state index in [0.717, 1.165) is 15.6 Å². The van der Waals surface area contributed by atoms with Gasteiger partial charge in [-0.05, 0) is 18.1 Å². The molecule has 1 rings (SSSR count). The van der Waals surface area contributed by atoms with E-state index in [4.69, 9.17) is 5.73 Å². The highest BCUT2D eigenvalue weighted by Gasteiger charge is 2.15. The highest BCUT2D eigenvalue weighted by atomic mass is 79.9. The first-order valence-corrected chi connectivity index (χ1v) is 5.43. The number of ether oxygens (including phenoxy) is 1. The van der Waals surface area contributed by atoms with Crippen molar-refractivity contribution in [3.05, 3.63) is 33.8 Å². The molecule has 0 aliphatic rings. The summed E-state index contributed by atoms with van der Waals surface area (Å²) in [6.45, 7) is 1.98. The maximum Gasteiger partial charge on any atom is 0.307 e. The van der Waals surface area contributed by atoms with Gasteiger partial charge < -0.3 is 10.5 Å². The van der Waals surface area contributed by atoms with Crippen molar-refractivity contribution in [2.45, 2.75) is 19.4 Å². The molecule has 0 aliphatic heterocycles. The van der Waals surface area contributed by atoms with E-state index < -0.39 is 0 Å². The molecule has 2 N–H and O–H groups in total. The van der Waals surface area contributed by atoms with Crippen molar-refractivity contribution in [1.29, 1.82) is 0 Å². The first-order valence-electron chi connectivity index (χ1n) is 4.63. The van der Waals surface area contributed by atoms with Gasteiger partial charge in [-0.15, -0.1) is 0 Å². The molecule has 1 atom stereocenters. The van der Waals surface area contributed by atoms with Crippen LogP contribution in [0.2, 0.25) is 0 Å². The van der Waals surface area contributed by atoms with Crippen molar-refractivity contribution < 1.29 is 9.53 Å². The van der Waals surface area contributed by atoms with E-state index in [1.54, 1.807) is 0 Å². The van der Waals surface area contributed by atoms with Crippen molar-refractivity contribution in [2.75, 3.05) is 7.11 Å². The minimum Gasteiger partial charge on any atom is -0.469 e. The van der Waals surface area contributed by atoms with Gasteiger partial charge in [-0.3, -0.25) is 4.79 Å². The average molecular weight is 272 g/mol. The summed E-state index contributed by atoms with van der Waals surface area (Å²) in [6.07, 6.45) is 0.193. The molecule has 1 aromatic carbocycles. The number of aryl methyl sites for hydroxylation is 1. The Hall–Kier alpha value is -0.870. The van der Waals surface area contributed by atoms with Gasteiger partial charge in [-0.25, -0.2) is 0 Å². The molecule has 1 aromatic rings. The van der Waals surface area contributed by atoms with Gasteiger partial charge in [0.1, 0.15) is 0 Å². The fourth-order valence-corrected chi connectivity index (χ4v) is 1.89. The lowest BCUT2D eigenvalue weighted by Crippen LogP contribution is -2.17. The summed E-state index contributed by atoms with van der Waals surface area (Å²) in [6, 6.07) is 5.49. The van der Waals surface area contributed by atoms with Crippen molar-refractivity contribution in [1.82, 2.24) is 0 Å². The van der Waals surface area contributed by atoms with Gasteiger partial charge in [0.25, 0.3) is 0 Å². The van der Waals surface area contributed by atoms with Gasteiger partial charge in [0.05, 0.1) is 13.5 Å². The summed E-state index contributed by atoms with van der Waals surface area (Å²) in [5.74, 6) is -0.295. The van der Waals surface area contributed by atoms with Crippen LogP contribution in [0.1, 0.15) is 23.6 Å². The number of benzene rings is 1. The lowest BCUT2D eigenvalue weighted by molar-refractivity contribution is -0.141. The van der Waals surface area contributed by atoms with Gasteiger partial charge in [-0.2, -0.15) is 0 Å². The molecule has 0 saturated carbocycles. The van der Waals surface area contributed by atoms with Crippen LogP contribution in [-0.4, -0.2) is 13.1 Å². The Morgan fingerprint density at radius 3 is 2.87 bits per heavy atom. The van der Waals surface area contributed by atoms with Crippen molar-refractivity contribution in [2.24, 2.45) is 5.73 Å². The van der Waals surface area contributed by atoms with Crippen LogP contribution >= 0.6 is 15.9 Å². The second-order valence-electron chi connectivity index (χ2n) is 3.36. The fraction of sp³-hybridized carbons (Fsp3) is 0.364. The lowest BCUT2D eigenvalue weighted by atomic mass is 10.0. The summed E-state index contributed by atoms with van der Waals surface area (Å²) in [7, 11) is 1.36. The smallest absolute Gasteiger partial charge is 0.307 e. The average Bonchev–Trinajstić information content (AvgIpc) is 2.21. The summed E-state index contributed by atoms with van der Waals surface area (Å²) < 4.78 is 5.54. The van der Waals surface area contributed by atoms with Crippen LogP contribution in [0.15, 0.2) is 22.7 Å². The van der Waals surface area contributed by atoms with Gasteiger partial charge >= 0.3 is 5.97 Å². The monoisotopic (exact) mass is 271 g/mol. The predicted octanol–water partition coefficient (Wildman–Crippen LogP) is 2.32. The van der Waals surface area contributed by atoms with Gasteiger partial charge in [0, 0.05) is 10.5 Å². The van der Waals surface area contributed by atoms with Crippen molar-refractivity contribution in [3.8, 4) is 0 Å². The molecule has 0 aliphatic carbocycles. The Morgan fingerprint density at radius 1 is 1.60 bits per heavy atom. The third-order valence-electron chi connectivity index (χ3n) is 2.24. The van der Waals surface area contributed by atoms with E-state index in [2.05, 4.69) is 20.7 Å². The Morgan fingerprint density at radius 2 is 2.27 bits per heavy atom. The summed E-state index contributed by atoms with van der Waals surface area (Å²) in [5.41, 5.74) is 7.95. The number of methoxy groups -OCH3 is 1. The van der Waals surface area contributed by atoms with Crippen LogP contribution in [0.25, 0.3) is 0 Å². The number of hydrogen-bond acceptors (Lipinski definition) is 3. The molecular formula is C11H14BrNO2. The maximum atomic E-state index is 11.1. The number of hydrogen-bond donors (Lipinski definition) is 1. The van der Waals surface area contributed by atoms with Crippen LogP contribution in [-0.2, 0) is 9.53 Å². The van der Waals surface area contributed by atoms with Gasteiger partial charge in [0.2, 0.25) is 0 Å². The summed E-state index contributed by atoms with van der Waals surface area (Å²) >= 11 is 3.46. The van der Waals surface area contributed by atoms with Gasteiger partial charge in [-0.1, -0.05) is 34.1 Å². The zero-order valence-corrected chi connectivity index (χ0v) is 10.4. The third-order valence-corrected chi connectivity index (χ3v) is 3.32. The van der Waals surface area contributed by atoms with E-state index in [1.807, 2.05) is 25.1 Å². The van der Waals surface area contributed by atoms with Crippen molar-refractivity contribution in [3.63, 3.8) is 0 Å². The minimum absolute atomic E-state index is 0.193. The largest absolute Gasteiger partial charge is 0.469 e. The molecule has 0 spiro atoms. The van der Waals surface area contributed by atoms with E-state index in [1.165, 1.54) is 7.11 Å². The second kappa shape index (κ2) is 5.28. The Labute approximate surface area is 97.7 Å². The molecule has 1 unspecified atom stereocenters. The van der Waals surface area contributed by atoms with E-state index in [9.17, 15) is 4.79 Å². The van der Waals surface area contributed by atoms with E-state index >= 15 is 0 Å². The maximum absolute atomic E-state index is 11.1. The second-order valence-corrected chi connectivity index (χ2v) is 4.16. The molecule has 15 heavy (non-hydrogen) atoms. The molecule has 0 heterocycles. The highest BCUT2D eigenvalue weighted by molar-refractivity contribution is 9.10. The van der Waals surface area contributed by atoms with E-state index in [0.29, 0.717) is 0 Å². The number of carbonyl (C=O) groups is 1. The van der Waals surface area contributed by atoms with Crippen LogP contribution in [0.3, 0.4) is 0 Å². The number of halogens is 1. The molecular weight excluding hydrogens is 258 g/mol. The van der Waals surface area contributed by atoms with E-state index in [-0.39, 0.29) is 18.4 Å². The molecule has 82 valence electrons. The molecule has 0 amide bonds. The summed E-state index contributed by atoms with van der Waals surface area (Å²) in [5, 5.41) is 0. The molecule has 0 radical (unpaired) electrons. The molecule has 0 aromatic heterocycles. The Balaban J connectivity index is 2.86. The zero-order valence-electron chi connectivity index (χ0n) is 8.79. The molecule has 3 nitrogen and oxygen atoms in total. The predicted molar refractivity (Wildman–Crippen MR) is 62.4 cm³/mol. The fourth-order valence-electron chi connectivity index (χ4n) is 1.33. The van der Waals surface area contributed by atoms with Gasteiger partial charge in [0.15, 0.2) is 0 Å². The quantitative estimate of drug-likeness (QED) is 0.859. The highest BCUT2D eigenvalue weighted by Crippen LogP contribution is 2.27. The Bertz CT molecular complexity index is 366. The first-order chi connectivity index (χ1) is 7.06. The zero-order chi connectivity index (χ0) is 11.4. The number of rotatable bonds is 3. The lowest BCUT2D eigenvalue weighted by Gasteiger charge is -2.13. The van der Waals surface area contributed by atoms with Crippen LogP contribution in [0.4, 0.5) is 0 Å². The summed E-state index contributed by atoms with van der Waals surface area (Å²) in [4.78, 5) is 11.1. The number of esters is 1.